The number of aromatic nitrogens is 2. The van der Waals surface area contributed by atoms with E-state index in [-0.39, 0.29) is 0 Å². The van der Waals surface area contributed by atoms with Crippen LogP contribution in [0.1, 0.15) is 23.3 Å². The quantitative estimate of drug-likeness (QED) is 0.571. The molecular formula is C12H15N3O. The number of aldehydes is 1. The molecule has 1 aromatic heterocycles. The van der Waals surface area contributed by atoms with Crippen molar-refractivity contribution in [3.05, 3.63) is 30.5 Å². The average molecular weight is 217 g/mol. The summed E-state index contributed by atoms with van der Waals surface area (Å²) in [5.74, 6) is 1.48. The molecular weight excluding hydrogens is 202 g/mol. The van der Waals surface area contributed by atoms with E-state index in [0.29, 0.717) is 17.9 Å². The van der Waals surface area contributed by atoms with Gasteiger partial charge in [-0.15, -0.1) is 16.8 Å². The SMILES string of the molecule is C=CC1CCN(c2ccc(C=O)nn2)CC1. The molecule has 0 saturated carbocycles. The summed E-state index contributed by atoms with van der Waals surface area (Å²) in [6.45, 7) is 5.78. The maximum absolute atomic E-state index is 10.4. The lowest BCUT2D eigenvalue weighted by molar-refractivity contribution is 0.111. The van der Waals surface area contributed by atoms with Gasteiger partial charge in [-0.2, -0.15) is 0 Å². The molecule has 0 spiro atoms. The third-order valence-corrected chi connectivity index (χ3v) is 2.99. The molecule has 1 fully saturated rings. The largest absolute Gasteiger partial charge is 0.355 e. The lowest BCUT2D eigenvalue weighted by atomic mass is 9.97. The number of carbonyl (C=O) groups is 1. The summed E-state index contributed by atoms with van der Waals surface area (Å²) in [6.07, 6.45) is 4.96. The molecule has 0 unspecified atom stereocenters. The predicted molar refractivity (Wildman–Crippen MR) is 62.6 cm³/mol. The van der Waals surface area contributed by atoms with Crippen molar-refractivity contribution in [2.45, 2.75) is 12.8 Å². The van der Waals surface area contributed by atoms with Gasteiger partial charge in [0.15, 0.2) is 12.1 Å². The smallest absolute Gasteiger partial charge is 0.170 e. The molecule has 1 saturated heterocycles. The Morgan fingerprint density at radius 1 is 1.31 bits per heavy atom. The Labute approximate surface area is 95.0 Å². The Hall–Kier alpha value is -1.71. The summed E-state index contributed by atoms with van der Waals surface area (Å²) in [4.78, 5) is 12.6. The van der Waals surface area contributed by atoms with Crippen LogP contribution in [0.15, 0.2) is 24.8 Å². The molecule has 2 heterocycles. The summed E-state index contributed by atoms with van der Waals surface area (Å²) >= 11 is 0. The molecule has 2 rings (SSSR count). The van der Waals surface area contributed by atoms with Crippen molar-refractivity contribution in [2.24, 2.45) is 5.92 Å². The predicted octanol–water partition coefficient (Wildman–Crippen LogP) is 1.69. The topological polar surface area (TPSA) is 46.1 Å². The molecule has 1 aromatic rings. The maximum Gasteiger partial charge on any atom is 0.170 e. The van der Waals surface area contributed by atoms with Crippen molar-refractivity contribution in [1.82, 2.24) is 10.2 Å². The highest BCUT2D eigenvalue weighted by atomic mass is 16.1. The number of hydrogen-bond acceptors (Lipinski definition) is 4. The zero-order chi connectivity index (χ0) is 11.4. The van der Waals surface area contributed by atoms with E-state index in [9.17, 15) is 4.79 Å². The van der Waals surface area contributed by atoms with Gasteiger partial charge in [-0.05, 0) is 30.9 Å². The molecule has 0 aromatic carbocycles. The fraction of sp³-hybridized carbons (Fsp3) is 0.417. The van der Waals surface area contributed by atoms with Gasteiger partial charge in [-0.1, -0.05) is 6.08 Å². The van der Waals surface area contributed by atoms with Crippen molar-refractivity contribution in [2.75, 3.05) is 18.0 Å². The second kappa shape index (κ2) is 4.88. The lowest BCUT2D eigenvalue weighted by Crippen LogP contribution is -2.33. The number of rotatable bonds is 3. The van der Waals surface area contributed by atoms with Gasteiger partial charge in [0, 0.05) is 13.1 Å². The van der Waals surface area contributed by atoms with Gasteiger partial charge in [0.25, 0.3) is 0 Å². The number of carbonyl (C=O) groups excluding carboxylic acids is 1. The highest BCUT2D eigenvalue weighted by molar-refractivity contribution is 5.71. The second-order valence-corrected chi connectivity index (χ2v) is 3.99. The van der Waals surface area contributed by atoms with Crippen LogP contribution in [0.3, 0.4) is 0 Å². The molecule has 0 bridgehead atoms. The summed E-state index contributed by atoms with van der Waals surface area (Å²) < 4.78 is 0. The third-order valence-electron chi connectivity index (χ3n) is 2.99. The standard InChI is InChI=1S/C12H15N3O/c1-2-10-5-7-15(8-6-10)12-4-3-11(9-16)13-14-12/h2-4,9-10H,1,5-8H2. The number of nitrogens with zero attached hydrogens (tertiary/aromatic N) is 3. The van der Waals surface area contributed by atoms with Gasteiger partial charge in [-0.3, -0.25) is 4.79 Å². The Bertz CT molecular complexity index is 366. The minimum Gasteiger partial charge on any atom is -0.355 e. The summed E-state index contributed by atoms with van der Waals surface area (Å²) in [7, 11) is 0. The number of anilines is 1. The molecule has 84 valence electrons. The molecule has 16 heavy (non-hydrogen) atoms. The van der Waals surface area contributed by atoms with Crippen molar-refractivity contribution >= 4 is 12.1 Å². The molecule has 0 amide bonds. The van der Waals surface area contributed by atoms with Crippen molar-refractivity contribution in [3.63, 3.8) is 0 Å². The third kappa shape index (κ3) is 2.27. The fourth-order valence-electron chi connectivity index (χ4n) is 1.93. The van der Waals surface area contributed by atoms with E-state index in [1.54, 1.807) is 6.07 Å². The van der Waals surface area contributed by atoms with Gasteiger partial charge >= 0.3 is 0 Å². The first-order valence-corrected chi connectivity index (χ1v) is 5.50. The highest BCUT2D eigenvalue weighted by Gasteiger charge is 2.17. The average Bonchev–Trinajstić information content (AvgIpc) is 2.39. The van der Waals surface area contributed by atoms with Crippen LogP contribution in [-0.2, 0) is 0 Å². The van der Waals surface area contributed by atoms with Crippen LogP contribution in [0, 0.1) is 5.92 Å². The fourth-order valence-corrected chi connectivity index (χ4v) is 1.93. The number of piperidine rings is 1. The number of hydrogen-bond donors (Lipinski definition) is 0. The first-order chi connectivity index (χ1) is 7.83. The van der Waals surface area contributed by atoms with E-state index >= 15 is 0 Å². The molecule has 4 nitrogen and oxygen atoms in total. The van der Waals surface area contributed by atoms with Gasteiger partial charge in [-0.25, -0.2) is 0 Å². The van der Waals surface area contributed by atoms with Crippen molar-refractivity contribution in [3.8, 4) is 0 Å². The minimum absolute atomic E-state index is 0.379. The molecule has 0 aliphatic carbocycles. The summed E-state index contributed by atoms with van der Waals surface area (Å²) in [6, 6.07) is 3.56. The van der Waals surface area contributed by atoms with Crippen LogP contribution >= 0.6 is 0 Å². The van der Waals surface area contributed by atoms with Crippen LogP contribution in [0.5, 0.6) is 0 Å². The first-order valence-electron chi connectivity index (χ1n) is 5.50. The molecule has 0 radical (unpaired) electrons. The Morgan fingerprint density at radius 3 is 2.56 bits per heavy atom. The van der Waals surface area contributed by atoms with E-state index < -0.39 is 0 Å². The van der Waals surface area contributed by atoms with Crippen LogP contribution in [0.2, 0.25) is 0 Å². The van der Waals surface area contributed by atoms with Crippen LogP contribution in [0.4, 0.5) is 5.82 Å². The lowest BCUT2D eigenvalue weighted by Gasteiger charge is -2.31. The zero-order valence-corrected chi connectivity index (χ0v) is 9.17. The molecule has 1 aliphatic heterocycles. The Balaban J connectivity index is 2.02. The van der Waals surface area contributed by atoms with E-state index in [1.165, 1.54) is 0 Å². The maximum atomic E-state index is 10.4. The van der Waals surface area contributed by atoms with Gasteiger partial charge in [0.2, 0.25) is 0 Å². The monoisotopic (exact) mass is 217 g/mol. The zero-order valence-electron chi connectivity index (χ0n) is 9.17. The van der Waals surface area contributed by atoms with Gasteiger partial charge in [0.1, 0.15) is 5.69 Å². The van der Waals surface area contributed by atoms with E-state index in [1.807, 2.05) is 12.1 Å². The van der Waals surface area contributed by atoms with Gasteiger partial charge < -0.3 is 4.90 Å². The molecule has 1 aliphatic rings. The van der Waals surface area contributed by atoms with Crippen LogP contribution in [0.25, 0.3) is 0 Å². The molecule has 4 heteroatoms. The second-order valence-electron chi connectivity index (χ2n) is 3.99. The highest BCUT2D eigenvalue weighted by Crippen LogP contribution is 2.21. The Morgan fingerprint density at radius 2 is 2.06 bits per heavy atom. The normalized spacial score (nSPS) is 17.1. The summed E-state index contributed by atoms with van der Waals surface area (Å²) in [5, 5.41) is 7.87. The summed E-state index contributed by atoms with van der Waals surface area (Å²) in [5.41, 5.74) is 0.379. The van der Waals surface area contributed by atoms with Crippen molar-refractivity contribution < 1.29 is 4.79 Å². The van der Waals surface area contributed by atoms with E-state index in [2.05, 4.69) is 21.7 Å². The molecule has 0 N–H and O–H groups in total. The van der Waals surface area contributed by atoms with Crippen LogP contribution in [-0.4, -0.2) is 29.6 Å². The van der Waals surface area contributed by atoms with Crippen molar-refractivity contribution in [1.29, 1.82) is 0 Å². The minimum atomic E-state index is 0.379. The number of allylic oxidation sites excluding steroid dienone is 1. The van der Waals surface area contributed by atoms with E-state index in [0.717, 1.165) is 31.7 Å². The van der Waals surface area contributed by atoms with Crippen LogP contribution < -0.4 is 4.90 Å². The van der Waals surface area contributed by atoms with Gasteiger partial charge in [0.05, 0.1) is 0 Å². The first kappa shape index (κ1) is 10.8. The van der Waals surface area contributed by atoms with E-state index in [4.69, 9.17) is 0 Å². The Kier molecular flexibility index (Phi) is 3.29. The molecule has 0 atom stereocenters.